The maximum atomic E-state index is 12.8. The number of rotatable bonds is 4. The van der Waals surface area contributed by atoms with Gasteiger partial charge in [-0.1, -0.05) is 38.3 Å². The van der Waals surface area contributed by atoms with Crippen LogP contribution in [0.1, 0.15) is 52.9 Å². The quantitative estimate of drug-likeness (QED) is 0.355. The number of hydrogen-bond donors (Lipinski definition) is 2. The average molecular weight is 269 g/mol. The number of carbonyl (C=O) groups excluding carboxylic acids is 1. The fourth-order valence-electron chi connectivity index (χ4n) is 2.80. The van der Waals surface area contributed by atoms with Gasteiger partial charge in [0.05, 0.1) is 0 Å². The third kappa shape index (κ3) is 3.01. The molecule has 0 bridgehead atoms. The zero-order chi connectivity index (χ0) is 14.6. The fraction of sp³-hybridized carbons (Fsp3) is 0.857. The van der Waals surface area contributed by atoms with Gasteiger partial charge in [-0.05, 0) is 25.7 Å². The Bertz CT molecular complexity index is 347. The van der Waals surface area contributed by atoms with Gasteiger partial charge in [-0.25, -0.2) is 0 Å². The molecule has 0 aliphatic heterocycles. The summed E-state index contributed by atoms with van der Waals surface area (Å²) in [6.45, 7) is 6.21. The lowest BCUT2D eigenvalue weighted by Gasteiger charge is -2.40. The zero-order valence-electron chi connectivity index (χ0n) is 12.5. The summed E-state index contributed by atoms with van der Waals surface area (Å²) >= 11 is 0. The van der Waals surface area contributed by atoms with Crippen LogP contribution in [0.5, 0.6) is 0 Å². The second-order valence-corrected chi connectivity index (χ2v) is 6.03. The third-order valence-electron chi connectivity index (χ3n) is 4.61. The Balaban J connectivity index is 3.02. The summed E-state index contributed by atoms with van der Waals surface area (Å²) < 4.78 is 0. The first-order valence-electron chi connectivity index (χ1n) is 7.12. The molecule has 1 rings (SSSR count). The first-order valence-corrected chi connectivity index (χ1v) is 7.12. The van der Waals surface area contributed by atoms with Crippen LogP contribution >= 0.6 is 0 Å². The maximum Gasteiger partial charge on any atom is 0.236 e. The fourth-order valence-corrected chi connectivity index (χ4v) is 2.80. The van der Waals surface area contributed by atoms with E-state index < -0.39 is 5.41 Å². The smallest absolute Gasteiger partial charge is 0.236 e. The third-order valence-corrected chi connectivity index (χ3v) is 4.61. The van der Waals surface area contributed by atoms with Crippen LogP contribution in [-0.2, 0) is 4.79 Å². The number of oxime groups is 1. The molecular weight excluding hydrogens is 242 g/mol. The summed E-state index contributed by atoms with van der Waals surface area (Å²) in [5.74, 6) is 0.436. The van der Waals surface area contributed by atoms with Gasteiger partial charge < -0.3 is 15.8 Å². The van der Waals surface area contributed by atoms with Crippen molar-refractivity contribution in [3.05, 3.63) is 0 Å². The summed E-state index contributed by atoms with van der Waals surface area (Å²) in [5, 5.41) is 12.2. The van der Waals surface area contributed by atoms with E-state index in [1.807, 2.05) is 14.0 Å². The van der Waals surface area contributed by atoms with E-state index in [0.29, 0.717) is 18.8 Å². The Labute approximate surface area is 115 Å². The minimum absolute atomic E-state index is 0.0105. The number of carbonyl (C=O) groups is 1. The predicted molar refractivity (Wildman–Crippen MR) is 76.0 cm³/mol. The average Bonchev–Trinajstić information content (AvgIpc) is 2.44. The van der Waals surface area contributed by atoms with Crippen molar-refractivity contribution in [1.82, 2.24) is 4.90 Å². The van der Waals surface area contributed by atoms with Crippen molar-refractivity contribution >= 4 is 11.7 Å². The van der Waals surface area contributed by atoms with Crippen molar-refractivity contribution < 1.29 is 10.0 Å². The van der Waals surface area contributed by atoms with Gasteiger partial charge >= 0.3 is 0 Å². The highest BCUT2D eigenvalue weighted by atomic mass is 16.4. The topological polar surface area (TPSA) is 78.9 Å². The Morgan fingerprint density at radius 2 is 1.79 bits per heavy atom. The summed E-state index contributed by atoms with van der Waals surface area (Å²) in [6, 6.07) is 0.137. The van der Waals surface area contributed by atoms with Gasteiger partial charge in [-0.3, -0.25) is 4.79 Å². The predicted octanol–water partition coefficient (Wildman–Crippen LogP) is 2.19. The second kappa shape index (κ2) is 6.26. The molecule has 1 aliphatic carbocycles. The van der Waals surface area contributed by atoms with Crippen LogP contribution in [0, 0.1) is 11.3 Å². The van der Waals surface area contributed by atoms with Crippen molar-refractivity contribution in [2.45, 2.75) is 58.9 Å². The molecule has 1 amide bonds. The Morgan fingerprint density at radius 1 is 1.26 bits per heavy atom. The molecule has 1 atom stereocenters. The van der Waals surface area contributed by atoms with Crippen LogP contribution in [0.2, 0.25) is 0 Å². The van der Waals surface area contributed by atoms with Crippen LogP contribution in [0.25, 0.3) is 0 Å². The molecule has 19 heavy (non-hydrogen) atoms. The monoisotopic (exact) mass is 269 g/mol. The van der Waals surface area contributed by atoms with E-state index in [9.17, 15) is 4.79 Å². The minimum Gasteiger partial charge on any atom is -0.409 e. The molecular formula is C14H27N3O2. The van der Waals surface area contributed by atoms with E-state index in [4.69, 9.17) is 10.9 Å². The first-order chi connectivity index (χ1) is 8.86. The lowest BCUT2D eigenvalue weighted by molar-refractivity contribution is -0.141. The minimum atomic E-state index is -0.801. The maximum absolute atomic E-state index is 12.8. The first kappa shape index (κ1) is 15.8. The molecule has 0 aromatic rings. The van der Waals surface area contributed by atoms with Crippen LogP contribution in [0.3, 0.4) is 0 Å². The number of nitrogens with zero attached hydrogens (tertiary/aromatic N) is 2. The number of nitrogens with two attached hydrogens (primary N) is 1. The Kier molecular flexibility index (Phi) is 5.20. The molecule has 1 fully saturated rings. The zero-order valence-corrected chi connectivity index (χ0v) is 12.5. The van der Waals surface area contributed by atoms with E-state index in [0.717, 1.165) is 19.3 Å². The normalized spacial score (nSPS) is 21.2. The van der Waals surface area contributed by atoms with Crippen molar-refractivity contribution in [3.63, 3.8) is 0 Å². The number of amidine groups is 1. The molecule has 1 saturated carbocycles. The molecule has 0 aromatic heterocycles. The van der Waals surface area contributed by atoms with Gasteiger partial charge in [0.15, 0.2) is 5.84 Å². The van der Waals surface area contributed by atoms with Gasteiger partial charge in [0.2, 0.25) is 5.91 Å². The molecule has 0 saturated heterocycles. The van der Waals surface area contributed by atoms with Crippen molar-refractivity contribution in [1.29, 1.82) is 0 Å². The van der Waals surface area contributed by atoms with E-state index in [1.165, 1.54) is 0 Å². The van der Waals surface area contributed by atoms with Gasteiger partial charge in [-0.2, -0.15) is 0 Å². The SMILES string of the molecule is CC(C)C(C)N(C)C(=O)C1(C(N)=NO)CCCCC1. The summed E-state index contributed by atoms with van der Waals surface area (Å²) in [7, 11) is 1.81. The molecule has 0 spiro atoms. The molecule has 3 N–H and O–H groups in total. The highest BCUT2D eigenvalue weighted by molar-refractivity contribution is 6.06. The second-order valence-electron chi connectivity index (χ2n) is 6.03. The van der Waals surface area contributed by atoms with Gasteiger partial charge in [0.1, 0.15) is 5.41 Å². The van der Waals surface area contributed by atoms with Crippen LogP contribution in [0.15, 0.2) is 5.16 Å². The van der Waals surface area contributed by atoms with Crippen LogP contribution in [0.4, 0.5) is 0 Å². The lowest BCUT2D eigenvalue weighted by Crippen LogP contribution is -2.54. The van der Waals surface area contributed by atoms with Crippen molar-refractivity contribution in [2.75, 3.05) is 7.05 Å². The van der Waals surface area contributed by atoms with E-state index in [2.05, 4.69) is 19.0 Å². The van der Waals surface area contributed by atoms with Crippen molar-refractivity contribution in [2.24, 2.45) is 22.2 Å². The largest absolute Gasteiger partial charge is 0.409 e. The lowest BCUT2D eigenvalue weighted by atomic mass is 9.71. The highest BCUT2D eigenvalue weighted by Crippen LogP contribution is 2.38. The summed E-state index contributed by atoms with van der Waals surface area (Å²) in [4.78, 5) is 14.6. The van der Waals surface area contributed by atoms with Gasteiger partial charge in [0.25, 0.3) is 0 Å². The molecule has 5 nitrogen and oxygen atoms in total. The van der Waals surface area contributed by atoms with E-state index in [1.54, 1.807) is 4.90 Å². The Morgan fingerprint density at radius 3 is 2.21 bits per heavy atom. The molecule has 110 valence electrons. The number of amides is 1. The molecule has 5 heteroatoms. The molecule has 1 aliphatic rings. The van der Waals surface area contributed by atoms with Gasteiger partial charge in [-0.15, -0.1) is 0 Å². The standard InChI is InChI=1S/C14H27N3O2/c1-10(2)11(3)17(4)13(18)14(12(15)16-19)8-6-5-7-9-14/h10-11,19H,5-9H2,1-4H3,(H2,15,16). The number of hydrogen-bond acceptors (Lipinski definition) is 3. The highest BCUT2D eigenvalue weighted by Gasteiger charge is 2.46. The summed E-state index contributed by atoms with van der Waals surface area (Å²) in [6.07, 6.45) is 4.36. The molecule has 0 heterocycles. The van der Waals surface area contributed by atoms with Gasteiger partial charge in [0, 0.05) is 13.1 Å². The van der Waals surface area contributed by atoms with E-state index >= 15 is 0 Å². The summed E-state index contributed by atoms with van der Waals surface area (Å²) in [5.41, 5.74) is 5.05. The molecule has 0 aromatic carbocycles. The molecule has 0 radical (unpaired) electrons. The van der Waals surface area contributed by atoms with E-state index in [-0.39, 0.29) is 17.8 Å². The van der Waals surface area contributed by atoms with Crippen LogP contribution < -0.4 is 5.73 Å². The Hall–Kier alpha value is -1.26. The molecule has 1 unspecified atom stereocenters. The van der Waals surface area contributed by atoms with Crippen molar-refractivity contribution in [3.8, 4) is 0 Å². The van der Waals surface area contributed by atoms with Crippen LogP contribution in [-0.4, -0.2) is 34.9 Å².